The van der Waals surface area contributed by atoms with Crippen LogP contribution in [-0.4, -0.2) is 35.1 Å². The number of carbonyl (C=O) groups is 2. The number of nitrogens with one attached hydrogen (secondary N) is 2. The molecule has 1 aliphatic heterocycles. The standard InChI is InChI=1S/C22H23N5O2S/c1-15(28)23-17-4-2-5-18(14-17)24-22(29)16-9-11-27(12-10-16)21-8-7-19(25-26-21)20-6-3-13-30-20/h2-8,13-14,16H,9-12H2,1H3,(H,23,28)(H,24,29). The summed E-state index contributed by atoms with van der Waals surface area (Å²) < 4.78 is 0. The van der Waals surface area contributed by atoms with E-state index in [9.17, 15) is 9.59 Å². The quantitative estimate of drug-likeness (QED) is 0.650. The molecular formula is C22H23N5O2S. The van der Waals surface area contributed by atoms with Gasteiger partial charge in [0, 0.05) is 37.3 Å². The molecule has 2 aromatic heterocycles. The molecule has 8 heteroatoms. The van der Waals surface area contributed by atoms with Crippen LogP contribution >= 0.6 is 11.3 Å². The Labute approximate surface area is 179 Å². The molecule has 7 nitrogen and oxygen atoms in total. The van der Waals surface area contributed by atoms with Crippen molar-refractivity contribution in [3.05, 3.63) is 53.9 Å². The lowest BCUT2D eigenvalue weighted by atomic mass is 9.95. The third-order valence-electron chi connectivity index (χ3n) is 5.06. The van der Waals surface area contributed by atoms with Crippen molar-refractivity contribution in [2.45, 2.75) is 19.8 Å². The molecular weight excluding hydrogens is 398 g/mol. The molecule has 0 aliphatic carbocycles. The number of anilines is 3. The van der Waals surface area contributed by atoms with Gasteiger partial charge in [-0.2, -0.15) is 0 Å². The van der Waals surface area contributed by atoms with E-state index in [-0.39, 0.29) is 17.7 Å². The Balaban J connectivity index is 1.32. The summed E-state index contributed by atoms with van der Waals surface area (Å²) in [6, 6.07) is 15.2. The predicted molar refractivity (Wildman–Crippen MR) is 120 cm³/mol. The third-order valence-corrected chi connectivity index (χ3v) is 5.96. The summed E-state index contributed by atoms with van der Waals surface area (Å²) in [4.78, 5) is 27.2. The van der Waals surface area contributed by atoms with Crippen LogP contribution in [0.15, 0.2) is 53.9 Å². The summed E-state index contributed by atoms with van der Waals surface area (Å²) >= 11 is 1.64. The number of rotatable bonds is 5. The van der Waals surface area contributed by atoms with Gasteiger partial charge in [0.2, 0.25) is 11.8 Å². The van der Waals surface area contributed by atoms with Gasteiger partial charge in [-0.25, -0.2) is 0 Å². The van der Waals surface area contributed by atoms with Crippen molar-refractivity contribution in [1.29, 1.82) is 0 Å². The molecule has 3 aromatic rings. The number of aromatic nitrogens is 2. The fraction of sp³-hybridized carbons (Fsp3) is 0.273. The Morgan fingerprint density at radius 3 is 2.40 bits per heavy atom. The highest BCUT2D eigenvalue weighted by molar-refractivity contribution is 7.13. The van der Waals surface area contributed by atoms with Crippen LogP contribution in [0.5, 0.6) is 0 Å². The second-order valence-corrected chi connectivity index (χ2v) is 8.21. The molecule has 0 saturated carbocycles. The maximum absolute atomic E-state index is 12.7. The van der Waals surface area contributed by atoms with Crippen LogP contribution in [0.3, 0.4) is 0 Å². The normalized spacial score (nSPS) is 14.4. The van der Waals surface area contributed by atoms with Crippen molar-refractivity contribution in [1.82, 2.24) is 10.2 Å². The van der Waals surface area contributed by atoms with Gasteiger partial charge in [0.15, 0.2) is 5.82 Å². The Bertz CT molecular complexity index is 1010. The van der Waals surface area contributed by atoms with E-state index in [1.54, 1.807) is 23.5 Å². The lowest BCUT2D eigenvalue weighted by molar-refractivity contribution is -0.120. The van der Waals surface area contributed by atoms with E-state index in [0.29, 0.717) is 11.4 Å². The van der Waals surface area contributed by atoms with Gasteiger partial charge in [-0.05, 0) is 54.6 Å². The number of hydrogen-bond donors (Lipinski definition) is 2. The molecule has 30 heavy (non-hydrogen) atoms. The van der Waals surface area contributed by atoms with Crippen LogP contribution in [0.2, 0.25) is 0 Å². The largest absolute Gasteiger partial charge is 0.355 e. The zero-order chi connectivity index (χ0) is 20.9. The van der Waals surface area contributed by atoms with E-state index in [2.05, 4.69) is 25.7 Å². The van der Waals surface area contributed by atoms with Crippen molar-refractivity contribution >= 4 is 40.3 Å². The van der Waals surface area contributed by atoms with Gasteiger partial charge in [-0.1, -0.05) is 12.1 Å². The molecule has 1 saturated heterocycles. The number of amides is 2. The van der Waals surface area contributed by atoms with E-state index in [4.69, 9.17) is 0 Å². The molecule has 3 heterocycles. The van der Waals surface area contributed by atoms with Crippen LogP contribution in [-0.2, 0) is 9.59 Å². The van der Waals surface area contributed by atoms with E-state index < -0.39 is 0 Å². The first kappa shape index (κ1) is 20.0. The smallest absolute Gasteiger partial charge is 0.227 e. The summed E-state index contributed by atoms with van der Waals surface area (Å²) in [5.41, 5.74) is 2.23. The van der Waals surface area contributed by atoms with E-state index in [1.807, 2.05) is 41.8 Å². The van der Waals surface area contributed by atoms with Gasteiger partial charge in [-0.3, -0.25) is 9.59 Å². The lowest BCUT2D eigenvalue weighted by Gasteiger charge is -2.31. The SMILES string of the molecule is CC(=O)Nc1cccc(NC(=O)C2CCN(c3ccc(-c4cccs4)nn3)CC2)c1. The monoisotopic (exact) mass is 421 g/mol. The number of hydrogen-bond acceptors (Lipinski definition) is 6. The highest BCUT2D eigenvalue weighted by Crippen LogP contribution is 2.26. The van der Waals surface area contributed by atoms with Crippen molar-refractivity contribution in [3.8, 4) is 10.6 Å². The molecule has 4 rings (SSSR count). The molecule has 154 valence electrons. The molecule has 0 atom stereocenters. The number of nitrogens with zero attached hydrogens (tertiary/aromatic N) is 3. The second kappa shape index (κ2) is 9.04. The minimum atomic E-state index is -0.141. The molecule has 0 radical (unpaired) electrons. The molecule has 0 spiro atoms. The van der Waals surface area contributed by atoms with Crippen LogP contribution in [0.4, 0.5) is 17.2 Å². The van der Waals surface area contributed by atoms with Gasteiger partial charge >= 0.3 is 0 Å². The lowest BCUT2D eigenvalue weighted by Crippen LogP contribution is -2.38. The fourth-order valence-corrected chi connectivity index (χ4v) is 4.23. The van der Waals surface area contributed by atoms with Crippen molar-refractivity contribution < 1.29 is 9.59 Å². The van der Waals surface area contributed by atoms with Crippen molar-refractivity contribution in [2.24, 2.45) is 5.92 Å². The Hall–Kier alpha value is -3.26. The summed E-state index contributed by atoms with van der Waals surface area (Å²) in [7, 11) is 0. The van der Waals surface area contributed by atoms with Gasteiger partial charge < -0.3 is 15.5 Å². The zero-order valence-corrected chi connectivity index (χ0v) is 17.5. The van der Waals surface area contributed by atoms with E-state index in [1.165, 1.54) is 6.92 Å². The Morgan fingerprint density at radius 2 is 1.77 bits per heavy atom. The fourth-order valence-electron chi connectivity index (χ4n) is 3.54. The first-order valence-corrected chi connectivity index (χ1v) is 10.8. The van der Waals surface area contributed by atoms with Gasteiger partial charge in [0.25, 0.3) is 0 Å². The maximum Gasteiger partial charge on any atom is 0.227 e. The molecule has 2 N–H and O–H groups in total. The third kappa shape index (κ3) is 4.83. The second-order valence-electron chi connectivity index (χ2n) is 7.27. The average molecular weight is 422 g/mol. The Kier molecular flexibility index (Phi) is 6.04. The molecule has 0 unspecified atom stereocenters. The van der Waals surface area contributed by atoms with Gasteiger partial charge in [0.05, 0.1) is 4.88 Å². The predicted octanol–water partition coefficient (Wildman–Crippen LogP) is 4.02. The summed E-state index contributed by atoms with van der Waals surface area (Å²) in [6.45, 7) is 2.98. The minimum Gasteiger partial charge on any atom is -0.355 e. The van der Waals surface area contributed by atoms with Crippen LogP contribution in [0, 0.1) is 5.92 Å². The van der Waals surface area contributed by atoms with Crippen LogP contribution < -0.4 is 15.5 Å². The summed E-state index contributed by atoms with van der Waals surface area (Å²) in [5, 5.41) is 16.4. The average Bonchev–Trinajstić information content (AvgIpc) is 3.29. The topological polar surface area (TPSA) is 87.2 Å². The molecule has 1 fully saturated rings. The summed E-state index contributed by atoms with van der Waals surface area (Å²) in [6.07, 6.45) is 1.51. The first-order chi connectivity index (χ1) is 14.6. The van der Waals surface area contributed by atoms with Gasteiger partial charge in [-0.15, -0.1) is 21.5 Å². The first-order valence-electron chi connectivity index (χ1n) is 9.89. The van der Waals surface area contributed by atoms with Gasteiger partial charge in [0.1, 0.15) is 5.69 Å². The van der Waals surface area contributed by atoms with E-state index in [0.717, 1.165) is 42.3 Å². The highest BCUT2D eigenvalue weighted by atomic mass is 32.1. The Morgan fingerprint density at radius 1 is 1.00 bits per heavy atom. The molecule has 1 aliphatic rings. The van der Waals surface area contributed by atoms with Crippen LogP contribution in [0.1, 0.15) is 19.8 Å². The molecule has 2 amide bonds. The van der Waals surface area contributed by atoms with Crippen molar-refractivity contribution in [3.63, 3.8) is 0 Å². The zero-order valence-electron chi connectivity index (χ0n) is 16.7. The molecule has 1 aromatic carbocycles. The minimum absolute atomic E-state index is 0.00810. The number of carbonyl (C=O) groups excluding carboxylic acids is 2. The van der Waals surface area contributed by atoms with E-state index >= 15 is 0 Å². The van der Waals surface area contributed by atoms with Crippen molar-refractivity contribution in [2.75, 3.05) is 28.6 Å². The number of piperidine rings is 1. The number of thiophene rings is 1. The van der Waals surface area contributed by atoms with Crippen LogP contribution in [0.25, 0.3) is 10.6 Å². The summed E-state index contributed by atoms with van der Waals surface area (Å²) in [5.74, 6) is 0.660. The number of benzene rings is 1. The molecule has 0 bridgehead atoms. The highest BCUT2D eigenvalue weighted by Gasteiger charge is 2.26. The maximum atomic E-state index is 12.7.